The molecule has 1 heterocycles. The minimum absolute atomic E-state index is 0.0841. The van der Waals surface area contributed by atoms with Gasteiger partial charge in [-0.15, -0.1) is 6.58 Å². The molecular weight excluding hydrogens is 506 g/mol. The van der Waals surface area contributed by atoms with Gasteiger partial charge in [0.1, 0.15) is 28.7 Å². The lowest BCUT2D eigenvalue weighted by Gasteiger charge is -2.36. The van der Waals surface area contributed by atoms with Gasteiger partial charge in [0.2, 0.25) is 0 Å². The van der Waals surface area contributed by atoms with Crippen molar-refractivity contribution in [2.45, 2.75) is 38.1 Å². The Labute approximate surface area is 209 Å². The summed E-state index contributed by atoms with van der Waals surface area (Å²) in [6, 6.07) is 2.39. The first-order chi connectivity index (χ1) is 17.6. The van der Waals surface area contributed by atoms with E-state index in [1.165, 1.54) is 0 Å². The fourth-order valence-electron chi connectivity index (χ4n) is 4.39. The molecule has 1 saturated carbocycles. The van der Waals surface area contributed by atoms with Gasteiger partial charge in [-0.25, -0.2) is 17.6 Å². The van der Waals surface area contributed by atoms with Crippen molar-refractivity contribution in [1.82, 2.24) is 0 Å². The van der Waals surface area contributed by atoms with Crippen molar-refractivity contribution in [2.24, 2.45) is 17.8 Å². The molecule has 37 heavy (non-hydrogen) atoms. The summed E-state index contributed by atoms with van der Waals surface area (Å²) in [5, 5.41) is 0. The Morgan fingerprint density at radius 1 is 0.892 bits per heavy atom. The van der Waals surface area contributed by atoms with Gasteiger partial charge in [0.05, 0.1) is 19.1 Å². The van der Waals surface area contributed by atoms with E-state index in [9.17, 15) is 31.1 Å². The summed E-state index contributed by atoms with van der Waals surface area (Å²) < 4.78 is 105. The molecule has 0 bridgehead atoms. The van der Waals surface area contributed by atoms with Gasteiger partial charge in [-0.2, -0.15) is 8.78 Å². The van der Waals surface area contributed by atoms with E-state index in [0.29, 0.717) is 69.2 Å². The van der Waals surface area contributed by atoms with Crippen molar-refractivity contribution in [3.63, 3.8) is 0 Å². The number of esters is 1. The predicted molar refractivity (Wildman–Crippen MR) is 118 cm³/mol. The average molecular weight is 530 g/mol. The van der Waals surface area contributed by atoms with E-state index < -0.39 is 58.3 Å². The van der Waals surface area contributed by atoms with Crippen LogP contribution in [0, 0.1) is 41.0 Å². The van der Waals surface area contributed by atoms with E-state index in [1.807, 2.05) is 0 Å². The van der Waals surface area contributed by atoms with Crippen LogP contribution >= 0.6 is 0 Å². The van der Waals surface area contributed by atoms with Gasteiger partial charge < -0.3 is 18.9 Å². The Bertz CT molecular complexity index is 1120. The zero-order chi connectivity index (χ0) is 26.7. The first-order valence-electron chi connectivity index (χ1n) is 11.7. The number of benzene rings is 2. The van der Waals surface area contributed by atoms with Crippen LogP contribution in [0.15, 0.2) is 43.0 Å². The highest BCUT2D eigenvalue weighted by molar-refractivity contribution is 5.75. The van der Waals surface area contributed by atoms with E-state index in [1.54, 1.807) is 6.08 Å². The minimum Gasteiger partial charge on any atom is -0.429 e. The van der Waals surface area contributed by atoms with Crippen molar-refractivity contribution < 1.29 is 50.1 Å². The molecule has 0 amide bonds. The highest BCUT2D eigenvalue weighted by Crippen LogP contribution is 2.38. The molecule has 0 N–H and O–H groups in total. The minimum atomic E-state index is -4.58. The zero-order valence-corrected chi connectivity index (χ0v) is 19.5. The Morgan fingerprint density at radius 2 is 1.49 bits per heavy atom. The number of ether oxygens (including phenoxy) is 4. The summed E-state index contributed by atoms with van der Waals surface area (Å²) >= 11 is 0. The lowest BCUT2D eigenvalue weighted by Crippen LogP contribution is -2.39. The second-order valence-corrected chi connectivity index (χ2v) is 9.02. The Morgan fingerprint density at radius 3 is 2.05 bits per heavy atom. The van der Waals surface area contributed by atoms with Gasteiger partial charge in [0.15, 0.2) is 17.9 Å². The molecule has 0 atom stereocenters. The lowest BCUT2D eigenvalue weighted by atomic mass is 9.81. The van der Waals surface area contributed by atoms with Gasteiger partial charge in [-0.05, 0) is 37.8 Å². The average Bonchev–Trinajstić information content (AvgIpc) is 2.85. The molecule has 2 fully saturated rings. The van der Waals surface area contributed by atoms with Gasteiger partial charge in [-0.3, -0.25) is 4.79 Å². The smallest absolute Gasteiger partial charge is 0.429 e. The maximum atomic E-state index is 14.5. The van der Waals surface area contributed by atoms with E-state index in [0.717, 1.165) is 0 Å². The van der Waals surface area contributed by atoms with Crippen LogP contribution in [-0.2, 0) is 20.4 Å². The maximum absolute atomic E-state index is 14.5. The molecule has 2 aromatic rings. The molecule has 0 aromatic heterocycles. The Kier molecular flexibility index (Phi) is 8.13. The van der Waals surface area contributed by atoms with Crippen LogP contribution in [0.5, 0.6) is 11.5 Å². The third-order valence-corrected chi connectivity index (χ3v) is 6.43. The van der Waals surface area contributed by atoms with Crippen molar-refractivity contribution in [3.05, 3.63) is 71.8 Å². The van der Waals surface area contributed by atoms with Crippen molar-refractivity contribution >= 4 is 5.97 Å². The molecule has 200 valence electrons. The second kappa shape index (κ2) is 11.1. The standard InChI is InChI=1S/C26H24F6O5/c1-2-14-12-34-25(35-13-14)16-5-3-15(4-6-16)24(33)36-18-10-21(29)23(22(30)11-18)26(31,32)37-17-7-8-19(27)20(28)9-17/h2,7-11,14-16,25H,1,3-6,12-13H2. The normalized spacial score (nSPS) is 24.4. The number of rotatable bonds is 7. The number of hydrogen-bond acceptors (Lipinski definition) is 5. The largest absolute Gasteiger partial charge is 0.432 e. The van der Waals surface area contributed by atoms with Gasteiger partial charge in [-0.1, -0.05) is 6.08 Å². The highest BCUT2D eigenvalue weighted by atomic mass is 19.3. The molecule has 1 aliphatic carbocycles. The summed E-state index contributed by atoms with van der Waals surface area (Å²) in [5.74, 6) is -8.81. The van der Waals surface area contributed by atoms with Crippen LogP contribution < -0.4 is 9.47 Å². The van der Waals surface area contributed by atoms with E-state index >= 15 is 0 Å². The van der Waals surface area contributed by atoms with E-state index in [2.05, 4.69) is 11.3 Å². The summed E-state index contributed by atoms with van der Waals surface area (Å²) in [5.41, 5.74) is -1.77. The molecule has 0 unspecified atom stereocenters. The van der Waals surface area contributed by atoms with Gasteiger partial charge >= 0.3 is 12.1 Å². The molecule has 0 radical (unpaired) electrons. The maximum Gasteiger partial charge on any atom is 0.432 e. The molecule has 1 saturated heterocycles. The third kappa shape index (κ3) is 6.27. The first kappa shape index (κ1) is 27.0. The van der Waals surface area contributed by atoms with Crippen molar-refractivity contribution in [2.75, 3.05) is 13.2 Å². The van der Waals surface area contributed by atoms with Gasteiger partial charge in [0, 0.05) is 30.0 Å². The summed E-state index contributed by atoms with van der Waals surface area (Å²) in [6.07, 6.45) is -1.10. The van der Waals surface area contributed by atoms with Gasteiger partial charge in [0.25, 0.3) is 0 Å². The Balaban J connectivity index is 1.36. The third-order valence-electron chi connectivity index (χ3n) is 6.43. The predicted octanol–water partition coefficient (Wildman–Crippen LogP) is 6.26. The molecule has 11 heteroatoms. The van der Waals surface area contributed by atoms with E-state index in [4.69, 9.17) is 14.2 Å². The molecule has 2 aliphatic rings. The number of hydrogen-bond donors (Lipinski definition) is 0. The topological polar surface area (TPSA) is 54.0 Å². The van der Waals surface area contributed by atoms with Crippen LogP contribution in [0.4, 0.5) is 26.3 Å². The summed E-state index contributed by atoms with van der Waals surface area (Å²) in [4.78, 5) is 12.6. The first-order valence-corrected chi connectivity index (χ1v) is 11.7. The summed E-state index contributed by atoms with van der Waals surface area (Å²) in [6.45, 7) is 4.73. The fourth-order valence-corrected chi connectivity index (χ4v) is 4.39. The lowest BCUT2D eigenvalue weighted by molar-refractivity contribution is -0.223. The second-order valence-electron chi connectivity index (χ2n) is 9.02. The fraction of sp³-hybridized carbons (Fsp3) is 0.423. The number of alkyl halides is 2. The van der Waals surface area contributed by atoms with Crippen LogP contribution in [0.25, 0.3) is 0 Å². The molecule has 5 nitrogen and oxygen atoms in total. The van der Waals surface area contributed by atoms with Crippen LogP contribution in [0.3, 0.4) is 0 Å². The number of halogens is 6. The van der Waals surface area contributed by atoms with Crippen molar-refractivity contribution in [3.8, 4) is 11.5 Å². The molecule has 1 aliphatic heterocycles. The Hall–Kier alpha value is -3.05. The molecular formula is C26H24F6O5. The molecule has 0 spiro atoms. The quantitative estimate of drug-likeness (QED) is 0.183. The highest BCUT2D eigenvalue weighted by Gasteiger charge is 2.42. The SMILES string of the molecule is C=CC1COC(C2CCC(C(=O)Oc3cc(F)c(C(F)(F)Oc4ccc(F)c(F)c4)c(F)c3)CC2)OC1. The number of carbonyl (C=O) groups excluding carboxylic acids is 1. The molecule has 4 rings (SSSR count). The number of carbonyl (C=O) groups is 1. The van der Waals surface area contributed by atoms with Crippen molar-refractivity contribution in [1.29, 1.82) is 0 Å². The van der Waals surface area contributed by atoms with Crippen LogP contribution in [0.1, 0.15) is 31.2 Å². The zero-order valence-electron chi connectivity index (χ0n) is 19.5. The summed E-state index contributed by atoms with van der Waals surface area (Å²) in [7, 11) is 0. The van der Waals surface area contributed by atoms with Crippen LogP contribution in [0.2, 0.25) is 0 Å². The van der Waals surface area contributed by atoms with E-state index in [-0.39, 0.29) is 18.1 Å². The molecule has 2 aromatic carbocycles. The van der Waals surface area contributed by atoms with Crippen LogP contribution in [-0.4, -0.2) is 25.5 Å². The monoisotopic (exact) mass is 530 g/mol.